The Balaban J connectivity index is 4.09. The molecule has 0 aromatic carbocycles. The summed E-state index contributed by atoms with van der Waals surface area (Å²) in [5.74, 6) is -0.955. The van der Waals surface area contributed by atoms with E-state index in [9.17, 15) is 9.59 Å². The number of rotatable bonds is 5. The van der Waals surface area contributed by atoms with E-state index in [1.807, 2.05) is 0 Å². The Bertz CT molecular complexity index is 225. The second kappa shape index (κ2) is 5.31. The molecule has 0 aliphatic heterocycles. The number of carbonyl (C=O) groups is 2. The van der Waals surface area contributed by atoms with Gasteiger partial charge in [0.1, 0.15) is 0 Å². The molecule has 0 spiro atoms. The Labute approximate surface area is 76.8 Å². The van der Waals surface area contributed by atoms with Crippen LogP contribution in [0.1, 0.15) is 6.42 Å². The van der Waals surface area contributed by atoms with Gasteiger partial charge in [0.05, 0.1) is 13.0 Å². The van der Waals surface area contributed by atoms with Crippen LogP contribution < -0.4 is 5.73 Å². The van der Waals surface area contributed by atoms with Gasteiger partial charge in [0, 0.05) is 19.2 Å². The number of hydrogen-bond acceptors (Lipinski definition) is 3. The summed E-state index contributed by atoms with van der Waals surface area (Å²) in [4.78, 5) is 23.0. The van der Waals surface area contributed by atoms with Crippen LogP contribution in [0.3, 0.4) is 0 Å². The molecule has 0 aromatic heterocycles. The molecule has 13 heavy (non-hydrogen) atoms. The van der Waals surface area contributed by atoms with E-state index in [4.69, 9.17) is 10.8 Å². The summed E-state index contributed by atoms with van der Waals surface area (Å²) < 4.78 is 0. The molecule has 2 amide bonds. The first-order valence-electron chi connectivity index (χ1n) is 3.81. The van der Waals surface area contributed by atoms with E-state index in [-0.39, 0.29) is 31.1 Å². The normalized spacial score (nSPS) is 9.38. The van der Waals surface area contributed by atoms with Gasteiger partial charge in [-0.25, -0.2) is 0 Å². The molecule has 0 atom stereocenters. The van der Waals surface area contributed by atoms with E-state index in [0.29, 0.717) is 0 Å². The number of aliphatic hydroxyl groups excluding tert-OH is 1. The van der Waals surface area contributed by atoms with Gasteiger partial charge in [-0.3, -0.25) is 9.59 Å². The highest BCUT2D eigenvalue weighted by Gasteiger charge is 2.13. The summed E-state index contributed by atoms with van der Waals surface area (Å²) in [6, 6.07) is 0. The second-order valence-corrected chi connectivity index (χ2v) is 2.70. The van der Waals surface area contributed by atoms with Gasteiger partial charge in [-0.05, 0) is 0 Å². The van der Waals surface area contributed by atoms with E-state index in [1.165, 1.54) is 11.9 Å². The van der Waals surface area contributed by atoms with Crippen LogP contribution in [0.15, 0.2) is 12.2 Å². The number of hydrogen-bond donors (Lipinski definition) is 2. The van der Waals surface area contributed by atoms with Crippen molar-refractivity contribution in [2.45, 2.75) is 6.42 Å². The lowest BCUT2D eigenvalue weighted by Gasteiger charge is -2.16. The largest absolute Gasteiger partial charge is 0.395 e. The number of aliphatic hydroxyl groups is 1. The first-order valence-corrected chi connectivity index (χ1v) is 3.81. The van der Waals surface area contributed by atoms with Gasteiger partial charge >= 0.3 is 0 Å². The van der Waals surface area contributed by atoms with Crippen molar-refractivity contribution < 1.29 is 14.7 Å². The molecule has 0 saturated carbocycles. The van der Waals surface area contributed by atoms with Crippen LogP contribution in [0.2, 0.25) is 0 Å². The first kappa shape index (κ1) is 11.6. The summed E-state index contributed by atoms with van der Waals surface area (Å²) in [6.45, 7) is 3.52. The minimum absolute atomic E-state index is 0.119. The lowest BCUT2D eigenvalue weighted by molar-refractivity contribution is -0.127. The topological polar surface area (TPSA) is 83.6 Å². The van der Waals surface area contributed by atoms with Gasteiger partial charge < -0.3 is 15.7 Å². The molecular weight excluding hydrogens is 172 g/mol. The van der Waals surface area contributed by atoms with Crippen molar-refractivity contribution in [2.75, 3.05) is 20.2 Å². The Morgan fingerprint density at radius 3 is 2.46 bits per heavy atom. The number of likely N-dealkylation sites (N-methyl/N-ethyl adjacent to an activating group) is 1. The number of primary amides is 1. The van der Waals surface area contributed by atoms with Crippen LogP contribution in [-0.2, 0) is 9.59 Å². The fourth-order valence-electron chi connectivity index (χ4n) is 0.807. The fraction of sp³-hybridized carbons (Fsp3) is 0.500. The maximum Gasteiger partial charge on any atom is 0.249 e. The predicted octanol–water partition coefficient (Wildman–Crippen LogP) is -1.13. The lowest BCUT2D eigenvalue weighted by atomic mass is 10.2. The van der Waals surface area contributed by atoms with Gasteiger partial charge in [0.25, 0.3) is 0 Å². The molecular formula is C8H14N2O3. The van der Waals surface area contributed by atoms with Crippen LogP contribution in [0, 0.1) is 0 Å². The molecule has 0 aliphatic rings. The van der Waals surface area contributed by atoms with E-state index in [1.54, 1.807) is 0 Å². The molecule has 5 nitrogen and oxygen atoms in total. The Kier molecular flexibility index (Phi) is 4.76. The minimum Gasteiger partial charge on any atom is -0.395 e. The maximum atomic E-state index is 11.3. The van der Waals surface area contributed by atoms with E-state index in [0.717, 1.165) is 0 Å². The van der Waals surface area contributed by atoms with Crippen molar-refractivity contribution in [2.24, 2.45) is 5.73 Å². The quantitative estimate of drug-likeness (QED) is 0.533. The van der Waals surface area contributed by atoms with Gasteiger partial charge in [-0.15, -0.1) is 0 Å². The van der Waals surface area contributed by atoms with Gasteiger partial charge in [0.15, 0.2) is 0 Å². The smallest absolute Gasteiger partial charge is 0.249 e. The minimum atomic E-state index is -0.587. The number of carbonyl (C=O) groups excluding carboxylic acids is 2. The average molecular weight is 186 g/mol. The molecule has 0 aliphatic carbocycles. The molecule has 0 bridgehead atoms. The summed E-state index contributed by atoms with van der Waals surface area (Å²) in [6.07, 6.45) is -0.144. The molecule has 0 rings (SSSR count). The van der Waals surface area contributed by atoms with Gasteiger partial charge in [-0.2, -0.15) is 0 Å². The zero-order valence-corrected chi connectivity index (χ0v) is 7.62. The number of nitrogens with zero attached hydrogens (tertiary/aromatic N) is 1. The molecule has 0 radical (unpaired) electrons. The van der Waals surface area contributed by atoms with Crippen molar-refractivity contribution in [3.63, 3.8) is 0 Å². The highest BCUT2D eigenvalue weighted by Crippen LogP contribution is 2.01. The highest BCUT2D eigenvalue weighted by atomic mass is 16.3. The summed E-state index contributed by atoms with van der Waals surface area (Å²) in [5, 5.41) is 8.53. The Morgan fingerprint density at radius 2 is 2.08 bits per heavy atom. The van der Waals surface area contributed by atoms with Crippen LogP contribution in [-0.4, -0.2) is 42.0 Å². The predicted molar refractivity (Wildman–Crippen MR) is 47.7 cm³/mol. The zero-order valence-electron chi connectivity index (χ0n) is 7.62. The third kappa shape index (κ3) is 4.27. The summed E-state index contributed by atoms with van der Waals surface area (Å²) in [7, 11) is 1.52. The van der Waals surface area contributed by atoms with E-state index < -0.39 is 5.91 Å². The average Bonchev–Trinajstić information content (AvgIpc) is 2.02. The molecule has 5 heteroatoms. The van der Waals surface area contributed by atoms with Crippen molar-refractivity contribution in [1.82, 2.24) is 4.90 Å². The van der Waals surface area contributed by atoms with Gasteiger partial charge in [0.2, 0.25) is 11.8 Å². The van der Waals surface area contributed by atoms with Crippen molar-refractivity contribution in [1.29, 1.82) is 0 Å². The molecule has 3 N–H and O–H groups in total. The van der Waals surface area contributed by atoms with Crippen molar-refractivity contribution in [3.05, 3.63) is 12.2 Å². The molecule has 0 unspecified atom stereocenters. The molecule has 0 aromatic rings. The lowest BCUT2D eigenvalue weighted by Crippen LogP contribution is -2.31. The third-order valence-corrected chi connectivity index (χ3v) is 1.47. The highest BCUT2D eigenvalue weighted by molar-refractivity contribution is 5.97. The van der Waals surface area contributed by atoms with Crippen LogP contribution >= 0.6 is 0 Å². The zero-order chi connectivity index (χ0) is 10.4. The molecule has 0 fully saturated rings. The Hall–Kier alpha value is -1.36. The molecule has 74 valence electrons. The summed E-state index contributed by atoms with van der Waals surface area (Å²) in [5.41, 5.74) is 5.03. The molecule has 0 heterocycles. The third-order valence-electron chi connectivity index (χ3n) is 1.47. The number of nitrogens with two attached hydrogens (primary N) is 1. The maximum absolute atomic E-state index is 11.3. The fourth-order valence-corrected chi connectivity index (χ4v) is 0.807. The van der Waals surface area contributed by atoms with E-state index in [2.05, 4.69) is 6.58 Å². The van der Waals surface area contributed by atoms with Crippen molar-refractivity contribution >= 4 is 11.8 Å². The van der Waals surface area contributed by atoms with Crippen LogP contribution in [0.4, 0.5) is 0 Å². The Morgan fingerprint density at radius 1 is 1.54 bits per heavy atom. The van der Waals surface area contributed by atoms with E-state index >= 15 is 0 Å². The second-order valence-electron chi connectivity index (χ2n) is 2.70. The molecule has 0 saturated heterocycles. The van der Waals surface area contributed by atoms with Crippen LogP contribution in [0.5, 0.6) is 0 Å². The SMILES string of the molecule is C=C(CC(N)=O)C(=O)N(C)CCO. The monoisotopic (exact) mass is 186 g/mol. The van der Waals surface area contributed by atoms with Crippen molar-refractivity contribution in [3.8, 4) is 0 Å². The standard InChI is InChI=1S/C8H14N2O3/c1-6(5-7(9)12)8(13)10(2)3-4-11/h11H,1,3-5H2,2H3,(H2,9,12). The van der Waals surface area contributed by atoms with Gasteiger partial charge in [-0.1, -0.05) is 6.58 Å². The first-order chi connectivity index (χ1) is 5.99. The number of amides is 2. The summed E-state index contributed by atoms with van der Waals surface area (Å²) >= 11 is 0. The van der Waals surface area contributed by atoms with Crippen LogP contribution in [0.25, 0.3) is 0 Å².